The molecule has 1 amide bonds. The quantitative estimate of drug-likeness (QED) is 0.578. The Morgan fingerprint density at radius 1 is 1.06 bits per heavy atom. The summed E-state index contributed by atoms with van der Waals surface area (Å²) in [6, 6.07) is 15.3. The highest BCUT2D eigenvalue weighted by molar-refractivity contribution is 5.83. The summed E-state index contributed by atoms with van der Waals surface area (Å²) in [6.07, 6.45) is 2.24. The van der Waals surface area contributed by atoms with Crippen LogP contribution in [0.4, 0.5) is 5.69 Å². The summed E-state index contributed by atoms with van der Waals surface area (Å²) >= 11 is 0. The molecule has 1 aromatic heterocycles. The molecule has 0 saturated carbocycles. The van der Waals surface area contributed by atoms with E-state index in [0.717, 1.165) is 34.8 Å². The molecule has 0 unspecified atom stereocenters. The number of hydrogen-bond acceptors (Lipinski definition) is 7. The van der Waals surface area contributed by atoms with Crippen molar-refractivity contribution in [3.63, 3.8) is 0 Å². The van der Waals surface area contributed by atoms with Gasteiger partial charge in [-0.25, -0.2) is 9.97 Å². The van der Waals surface area contributed by atoms with Gasteiger partial charge >= 0.3 is 0 Å². The largest absolute Gasteiger partial charge is 0.495 e. The van der Waals surface area contributed by atoms with Crippen LogP contribution in [0.1, 0.15) is 17.0 Å². The molecule has 0 atom stereocenters. The first-order chi connectivity index (χ1) is 16.0. The zero-order valence-corrected chi connectivity index (χ0v) is 18.9. The number of amides is 1. The lowest BCUT2D eigenvalue weighted by atomic mass is 10.1. The lowest BCUT2D eigenvalue weighted by molar-refractivity contribution is -0.129. The zero-order chi connectivity index (χ0) is 23.4. The molecule has 1 aliphatic heterocycles. The minimum Gasteiger partial charge on any atom is -0.495 e. The highest BCUT2D eigenvalue weighted by atomic mass is 16.5. The number of likely N-dealkylation sites (N-methyl/N-ethyl adjacent to an activating group) is 1. The van der Waals surface area contributed by atoms with Crippen LogP contribution in [0.2, 0.25) is 0 Å². The number of hydrogen-bond donors (Lipinski definition) is 0. The van der Waals surface area contributed by atoms with Crippen molar-refractivity contribution >= 4 is 11.6 Å². The van der Waals surface area contributed by atoms with E-state index in [1.165, 1.54) is 0 Å². The molecule has 0 N–H and O–H groups in total. The third-order valence-electron chi connectivity index (χ3n) is 5.73. The number of methoxy groups -OCH3 is 2. The molecule has 0 aliphatic carbocycles. The summed E-state index contributed by atoms with van der Waals surface area (Å²) < 4.78 is 10.9. The lowest BCUT2D eigenvalue weighted by Gasteiger charge is -2.34. The maximum atomic E-state index is 12.1. The summed E-state index contributed by atoms with van der Waals surface area (Å²) in [5, 5.41) is 9.36. The predicted octanol–water partition coefficient (Wildman–Crippen LogP) is 2.90. The SMILES string of the molecule is COc1ccc(-c2ccnc(Cc3ccc(N4CCN(C)C(=O)C4)c(OC)c3)n2)cc1C#N. The molecule has 0 radical (unpaired) electrons. The van der Waals surface area contributed by atoms with Gasteiger partial charge in [0.1, 0.15) is 23.4 Å². The van der Waals surface area contributed by atoms with E-state index in [9.17, 15) is 10.1 Å². The number of anilines is 1. The molecule has 2 heterocycles. The van der Waals surface area contributed by atoms with Gasteiger partial charge in [-0.05, 0) is 42.0 Å². The average molecular weight is 444 g/mol. The summed E-state index contributed by atoms with van der Waals surface area (Å²) in [6.45, 7) is 1.78. The number of nitrogens with zero attached hydrogens (tertiary/aromatic N) is 5. The predicted molar refractivity (Wildman–Crippen MR) is 124 cm³/mol. The molecule has 1 aliphatic rings. The molecule has 0 spiro atoms. The van der Waals surface area contributed by atoms with Crippen LogP contribution in [0, 0.1) is 11.3 Å². The highest BCUT2D eigenvalue weighted by Gasteiger charge is 2.23. The van der Waals surface area contributed by atoms with Gasteiger partial charge in [0.15, 0.2) is 0 Å². The number of ether oxygens (including phenoxy) is 2. The van der Waals surface area contributed by atoms with Crippen molar-refractivity contribution in [1.82, 2.24) is 14.9 Å². The third-order valence-corrected chi connectivity index (χ3v) is 5.73. The Morgan fingerprint density at radius 2 is 1.88 bits per heavy atom. The molecular formula is C25H25N5O3. The molecule has 2 aromatic carbocycles. The first-order valence-corrected chi connectivity index (χ1v) is 10.6. The average Bonchev–Trinajstić information content (AvgIpc) is 2.85. The summed E-state index contributed by atoms with van der Waals surface area (Å²) in [4.78, 5) is 25.0. The second-order valence-electron chi connectivity index (χ2n) is 7.80. The van der Waals surface area contributed by atoms with Crippen molar-refractivity contribution in [3.8, 4) is 28.8 Å². The summed E-state index contributed by atoms with van der Waals surface area (Å²) in [7, 11) is 5.00. The van der Waals surface area contributed by atoms with Crippen LogP contribution in [0.3, 0.4) is 0 Å². The number of nitriles is 1. The smallest absolute Gasteiger partial charge is 0.241 e. The van der Waals surface area contributed by atoms with Gasteiger partial charge in [0.2, 0.25) is 5.91 Å². The van der Waals surface area contributed by atoms with E-state index in [0.29, 0.717) is 36.6 Å². The monoisotopic (exact) mass is 443 g/mol. The van der Waals surface area contributed by atoms with E-state index >= 15 is 0 Å². The summed E-state index contributed by atoms with van der Waals surface area (Å²) in [5.41, 5.74) is 3.92. The zero-order valence-electron chi connectivity index (χ0n) is 18.9. The molecule has 1 fully saturated rings. The van der Waals surface area contributed by atoms with Gasteiger partial charge in [0, 0.05) is 38.3 Å². The van der Waals surface area contributed by atoms with E-state index in [1.54, 1.807) is 37.4 Å². The Hall–Kier alpha value is -4.12. The standard InChI is InChI=1S/C25H25N5O3/c1-29-10-11-30(16-25(29)31)21-6-4-17(12-23(21)33-3)13-24-27-9-8-20(28-24)18-5-7-22(32-2)19(14-18)15-26/h4-9,12,14H,10-11,13,16H2,1-3H3. The number of aromatic nitrogens is 2. The van der Waals surface area contributed by atoms with Crippen LogP contribution >= 0.6 is 0 Å². The number of benzene rings is 2. The molecule has 33 heavy (non-hydrogen) atoms. The van der Waals surface area contributed by atoms with Gasteiger partial charge < -0.3 is 19.3 Å². The Kier molecular flexibility index (Phi) is 6.41. The number of rotatable bonds is 6. The van der Waals surface area contributed by atoms with Gasteiger partial charge in [-0.3, -0.25) is 4.79 Å². The van der Waals surface area contributed by atoms with Crippen LogP contribution in [0.5, 0.6) is 11.5 Å². The molecule has 1 saturated heterocycles. The molecule has 168 valence electrons. The van der Waals surface area contributed by atoms with Crippen LogP contribution in [0.15, 0.2) is 48.7 Å². The first kappa shape index (κ1) is 22.1. The van der Waals surface area contributed by atoms with Gasteiger partial charge in [0.25, 0.3) is 0 Å². The maximum Gasteiger partial charge on any atom is 0.241 e. The van der Waals surface area contributed by atoms with E-state index in [4.69, 9.17) is 14.5 Å². The van der Waals surface area contributed by atoms with E-state index in [2.05, 4.69) is 11.1 Å². The molecule has 3 aromatic rings. The van der Waals surface area contributed by atoms with E-state index in [-0.39, 0.29) is 5.91 Å². The topological polar surface area (TPSA) is 91.6 Å². The van der Waals surface area contributed by atoms with Crippen molar-refractivity contribution in [2.24, 2.45) is 0 Å². The fourth-order valence-electron chi connectivity index (χ4n) is 3.84. The van der Waals surface area contributed by atoms with E-state index in [1.807, 2.05) is 42.3 Å². The van der Waals surface area contributed by atoms with Crippen molar-refractivity contribution < 1.29 is 14.3 Å². The molecule has 0 bridgehead atoms. The molecule has 8 nitrogen and oxygen atoms in total. The van der Waals surface area contributed by atoms with Gasteiger partial charge in [-0.1, -0.05) is 6.07 Å². The number of carbonyl (C=O) groups excluding carboxylic acids is 1. The molecule has 8 heteroatoms. The highest BCUT2D eigenvalue weighted by Crippen LogP contribution is 2.31. The third kappa shape index (κ3) is 4.72. The Balaban J connectivity index is 1.56. The first-order valence-electron chi connectivity index (χ1n) is 10.6. The minimum atomic E-state index is 0.0932. The Bertz CT molecular complexity index is 1220. The maximum absolute atomic E-state index is 12.1. The number of carbonyl (C=O) groups is 1. The molecular weight excluding hydrogens is 418 g/mol. The Morgan fingerprint density at radius 3 is 2.61 bits per heavy atom. The van der Waals surface area contributed by atoms with Crippen LogP contribution < -0.4 is 14.4 Å². The lowest BCUT2D eigenvalue weighted by Crippen LogP contribution is -2.48. The van der Waals surface area contributed by atoms with E-state index < -0.39 is 0 Å². The van der Waals surface area contributed by atoms with Crippen LogP contribution in [-0.4, -0.2) is 61.7 Å². The second kappa shape index (κ2) is 9.57. The van der Waals surface area contributed by atoms with Crippen LogP contribution in [-0.2, 0) is 11.2 Å². The number of piperazine rings is 1. The van der Waals surface area contributed by atoms with Crippen molar-refractivity contribution in [2.45, 2.75) is 6.42 Å². The second-order valence-corrected chi connectivity index (χ2v) is 7.80. The van der Waals surface area contributed by atoms with Crippen molar-refractivity contribution in [2.75, 3.05) is 45.8 Å². The van der Waals surface area contributed by atoms with Crippen LogP contribution in [0.25, 0.3) is 11.3 Å². The van der Waals surface area contributed by atoms with Gasteiger partial charge in [-0.15, -0.1) is 0 Å². The van der Waals surface area contributed by atoms with Crippen molar-refractivity contribution in [1.29, 1.82) is 5.26 Å². The molecule has 4 rings (SSSR count). The van der Waals surface area contributed by atoms with Gasteiger partial charge in [-0.2, -0.15) is 5.26 Å². The summed E-state index contributed by atoms with van der Waals surface area (Å²) in [5.74, 6) is 2.00. The fourth-order valence-corrected chi connectivity index (χ4v) is 3.84. The minimum absolute atomic E-state index is 0.0932. The van der Waals surface area contributed by atoms with Gasteiger partial charge in [0.05, 0.1) is 37.7 Å². The fraction of sp³-hybridized carbons (Fsp3) is 0.280. The normalized spacial score (nSPS) is 13.6. The van der Waals surface area contributed by atoms with Crippen molar-refractivity contribution in [3.05, 3.63) is 65.6 Å². The Labute approximate surface area is 193 Å².